The fourth-order valence-electron chi connectivity index (χ4n) is 1.77. The molecule has 21 heavy (non-hydrogen) atoms. The van der Waals surface area contributed by atoms with Gasteiger partial charge in [-0.2, -0.15) is 10.1 Å². The molecule has 0 radical (unpaired) electrons. The molecule has 112 valence electrons. The van der Waals surface area contributed by atoms with Crippen LogP contribution >= 0.6 is 0 Å². The Morgan fingerprint density at radius 1 is 1.43 bits per heavy atom. The number of hydrogen-bond acceptors (Lipinski definition) is 5. The molecule has 0 aliphatic heterocycles. The van der Waals surface area contributed by atoms with Gasteiger partial charge in [-0.25, -0.2) is 9.36 Å². The number of carbonyl (C=O) groups is 1. The van der Waals surface area contributed by atoms with Crippen LogP contribution in [0.1, 0.15) is 20.3 Å². The van der Waals surface area contributed by atoms with E-state index in [0.29, 0.717) is 23.9 Å². The van der Waals surface area contributed by atoms with Gasteiger partial charge in [-0.15, -0.1) is 5.10 Å². The Kier molecular flexibility index (Phi) is 4.86. The quantitative estimate of drug-likeness (QED) is 0.909. The SMILES string of the molecule is COc1nc(-c2cccnn2)cn1C(=O)NCCC(C)C. The average Bonchev–Trinajstić information content (AvgIpc) is 2.92. The Hall–Kier alpha value is -2.44. The van der Waals surface area contributed by atoms with E-state index in [1.54, 1.807) is 24.5 Å². The molecular formula is C14H19N5O2. The van der Waals surface area contributed by atoms with Crippen LogP contribution in [0.15, 0.2) is 24.5 Å². The summed E-state index contributed by atoms with van der Waals surface area (Å²) >= 11 is 0. The van der Waals surface area contributed by atoms with E-state index < -0.39 is 0 Å². The molecule has 0 saturated heterocycles. The second-order valence-electron chi connectivity index (χ2n) is 5.01. The number of imidazole rings is 1. The van der Waals surface area contributed by atoms with E-state index in [0.717, 1.165) is 6.42 Å². The predicted molar refractivity (Wildman–Crippen MR) is 78.1 cm³/mol. The van der Waals surface area contributed by atoms with Crippen molar-refractivity contribution < 1.29 is 9.53 Å². The van der Waals surface area contributed by atoms with Crippen molar-refractivity contribution in [1.29, 1.82) is 0 Å². The molecule has 0 bridgehead atoms. The Labute approximate surface area is 123 Å². The molecule has 2 aromatic heterocycles. The van der Waals surface area contributed by atoms with Crippen LogP contribution in [-0.4, -0.2) is 39.4 Å². The van der Waals surface area contributed by atoms with Gasteiger partial charge >= 0.3 is 12.0 Å². The molecule has 1 amide bonds. The maximum atomic E-state index is 12.1. The highest BCUT2D eigenvalue weighted by Gasteiger charge is 2.16. The highest BCUT2D eigenvalue weighted by atomic mass is 16.5. The summed E-state index contributed by atoms with van der Waals surface area (Å²) in [5.74, 6) is 0.533. The first kappa shape index (κ1) is 15.0. The highest BCUT2D eigenvalue weighted by Crippen LogP contribution is 2.19. The normalized spacial score (nSPS) is 10.7. The van der Waals surface area contributed by atoms with Crippen molar-refractivity contribution in [2.24, 2.45) is 5.92 Å². The lowest BCUT2D eigenvalue weighted by molar-refractivity contribution is 0.237. The lowest BCUT2D eigenvalue weighted by atomic mass is 10.1. The number of nitrogens with zero attached hydrogens (tertiary/aromatic N) is 4. The van der Waals surface area contributed by atoms with Gasteiger partial charge in [0, 0.05) is 18.9 Å². The highest BCUT2D eigenvalue weighted by molar-refractivity contribution is 5.79. The van der Waals surface area contributed by atoms with Gasteiger partial charge in [0.2, 0.25) is 0 Å². The molecule has 2 heterocycles. The number of aromatic nitrogens is 4. The van der Waals surface area contributed by atoms with Crippen LogP contribution in [-0.2, 0) is 0 Å². The average molecular weight is 289 g/mol. The lowest BCUT2D eigenvalue weighted by Gasteiger charge is -2.08. The summed E-state index contributed by atoms with van der Waals surface area (Å²) in [6.07, 6.45) is 4.09. The number of amides is 1. The van der Waals surface area contributed by atoms with Gasteiger partial charge in [0.25, 0.3) is 0 Å². The molecule has 0 aromatic carbocycles. The van der Waals surface area contributed by atoms with E-state index in [-0.39, 0.29) is 12.0 Å². The maximum absolute atomic E-state index is 12.1. The van der Waals surface area contributed by atoms with Crippen LogP contribution in [0.4, 0.5) is 4.79 Å². The fourth-order valence-corrected chi connectivity index (χ4v) is 1.77. The molecule has 0 aliphatic rings. The molecule has 2 aromatic rings. The molecule has 0 atom stereocenters. The zero-order chi connectivity index (χ0) is 15.2. The fraction of sp³-hybridized carbons (Fsp3) is 0.429. The van der Waals surface area contributed by atoms with Gasteiger partial charge in [-0.3, -0.25) is 0 Å². The molecule has 7 heteroatoms. The van der Waals surface area contributed by atoms with Crippen molar-refractivity contribution in [3.63, 3.8) is 0 Å². The molecule has 0 fully saturated rings. The van der Waals surface area contributed by atoms with Crippen molar-refractivity contribution in [1.82, 2.24) is 25.1 Å². The van der Waals surface area contributed by atoms with Gasteiger partial charge in [-0.05, 0) is 24.5 Å². The Morgan fingerprint density at radius 3 is 2.86 bits per heavy atom. The van der Waals surface area contributed by atoms with Crippen LogP contribution in [0.25, 0.3) is 11.4 Å². The number of rotatable bonds is 5. The Balaban J connectivity index is 2.16. The smallest absolute Gasteiger partial charge is 0.329 e. The second kappa shape index (κ2) is 6.83. The third kappa shape index (κ3) is 3.77. The third-order valence-electron chi connectivity index (χ3n) is 2.91. The summed E-state index contributed by atoms with van der Waals surface area (Å²) in [6, 6.07) is 3.49. The lowest BCUT2D eigenvalue weighted by Crippen LogP contribution is -2.29. The van der Waals surface area contributed by atoms with E-state index in [9.17, 15) is 4.79 Å². The molecule has 1 N–H and O–H groups in total. The Morgan fingerprint density at radius 2 is 2.24 bits per heavy atom. The summed E-state index contributed by atoms with van der Waals surface area (Å²) in [7, 11) is 1.47. The summed E-state index contributed by atoms with van der Waals surface area (Å²) in [4.78, 5) is 16.4. The summed E-state index contributed by atoms with van der Waals surface area (Å²) in [5.41, 5.74) is 1.13. The van der Waals surface area contributed by atoms with E-state index in [2.05, 4.69) is 34.3 Å². The van der Waals surface area contributed by atoms with Crippen LogP contribution in [0.2, 0.25) is 0 Å². The second-order valence-corrected chi connectivity index (χ2v) is 5.01. The molecule has 7 nitrogen and oxygen atoms in total. The van der Waals surface area contributed by atoms with Crippen molar-refractivity contribution in [2.75, 3.05) is 13.7 Å². The topological polar surface area (TPSA) is 81.9 Å². The zero-order valence-electron chi connectivity index (χ0n) is 12.4. The first-order chi connectivity index (χ1) is 10.1. The first-order valence-electron chi connectivity index (χ1n) is 6.81. The van der Waals surface area contributed by atoms with Crippen molar-refractivity contribution in [3.8, 4) is 17.4 Å². The van der Waals surface area contributed by atoms with Gasteiger partial charge in [0.15, 0.2) is 0 Å². The molecule has 0 spiro atoms. The van der Waals surface area contributed by atoms with Crippen molar-refractivity contribution >= 4 is 6.03 Å². The van der Waals surface area contributed by atoms with E-state index in [4.69, 9.17) is 4.74 Å². The predicted octanol–water partition coefficient (Wildman–Crippen LogP) is 1.95. The minimum absolute atomic E-state index is 0.220. The largest absolute Gasteiger partial charge is 0.468 e. The van der Waals surface area contributed by atoms with E-state index in [1.807, 2.05) is 0 Å². The standard InChI is InChI=1S/C14H19N5O2/c1-10(2)6-8-15-13(20)19-9-12(17-14(19)21-3)11-5-4-7-16-18-11/h4-5,7,9-10H,6,8H2,1-3H3,(H,15,20). The molecule has 0 aliphatic carbocycles. The van der Waals surface area contributed by atoms with Crippen LogP contribution in [0.5, 0.6) is 6.01 Å². The number of nitrogens with one attached hydrogen (secondary N) is 1. The first-order valence-corrected chi connectivity index (χ1v) is 6.81. The van der Waals surface area contributed by atoms with Gasteiger partial charge in [-0.1, -0.05) is 13.8 Å². The van der Waals surface area contributed by atoms with Gasteiger partial charge in [0.05, 0.1) is 7.11 Å². The number of hydrogen-bond donors (Lipinski definition) is 1. The van der Waals surface area contributed by atoms with Crippen molar-refractivity contribution in [3.05, 3.63) is 24.5 Å². The number of carbonyl (C=O) groups excluding carboxylic acids is 1. The van der Waals surface area contributed by atoms with E-state index in [1.165, 1.54) is 11.7 Å². The van der Waals surface area contributed by atoms with Crippen LogP contribution in [0.3, 0.4) is 0 Å². The molecule has 0 saturated carbocycles. The van der Waals surface area contributed by atoms with Crippen molar-refractivity contribution in [2.45, 2.75) is 20.3 Å². The minimum Gasteiger partial charge on any atom is -0.468 e. The molecule has 2 rings (SSSR count). The number of methoxy groups -OCH3 is 1. The zero-order valence-corrected chi connectivity index (χ0v) is 12.4. The van der Waals surface area contributed by atoms with E-state index >= 15 is 0 Å². The van der Waals surface area contributed by atoms with Gasteiger partial charge in [0.1, 0.15) is 11.4 Å². The third-order valence-corrected chi connectivity index (χ3v) is 2.91. The Bertz CT molecular complexity index is 595. The summed E-state index contributed by atoms with van der Waals surface area (Å²) in [6.45, 7) is 4.82. The molecular weight excluding hydrogens is 270 g/mol. The molecule has 0 unspecified atom stereocenters. The maximum Gasteiger partial charge on any atom is 0.329 e. The minimum atomic E-state index is -0.268. The van der Waals surface area contributed by atoms with Crippen LogP contribution in [0, 0.1) is 5.92 Å². The monoisotopic (exact) mass is 289 g/mol. The summed E-state index contributed by atoms with van der Waals surface area (Å²) in [5, 5.41) is 10.6. The van der Waals surface area contributed by atoms with Gasteiger partial charge < -0.3 is 10.1 Å². The van der Waals surface area contributed by atoms with Crippen LogP contribution < -0.4 is 10.1 Å². The summed E-state index contributed by atoms with van der Waals surface area (Å²) < 4.78 is 6.48. The number of ether oxygens (including phenoxy) is 1.